The number of carboxylic acid groups (broad SMARTS) is 1. The number of ether oxygens (including phenoxy) is 1. The van der Waals surface area contributed by atoms with Crippen molar-refractivity contribution in [1.29, 1.82) is 0 Å². The average molecular weight is 332 g/mol. The molecule has 0 fully saturated rings. The van der Waals surface area contributed by atoms with Crippen LogP contribution in [0, 0.1) is 0 Å². The fourth-order valence-corrected chi connectivity index (χ4v) is 3.26. The summed E-state index contributed by atoms with van der Waals surface area (Å²) in [5, 5.41) is 13.2. The van der Waals surface area contributed by atoms with E-state index < -0.39 is 5.97 Å². The Hall–Kier alpha value is -2.04. The van der Waals surface area contributed by atoms with Crippen molar-refractivity contribution in [2.45, 2.75) is 25.4 Å². The van der Waals surface area contributed by atoms with Crippen LogP contribution in [0.5, 0.6) is 5.75 Å². The van der Waals surface area contributed by atoms with Crippen molar-refractivity contribution >= 4 is 17.6 Å². The summed E-state index contributed by atoms with van der Waals surface area (Å²) in [5.74, 6) is -0.207. The van der Waals surface area contributed by atoms with Crippen LogP contribution in [-0.4, -0.2) is 24.2 Å². The molecule has 23 heavy (non-hydrogen) atoms. The molecule has 2 aromatic rings. The monoisotopic (exact) mass is 331 g/mol. The first-order valence-corrected chi connectivity index (χ1v) is 7.85. The van der Waals surface area contributed by atoms with Crippen LogP contribution in [0.1, 0.15) is 27.0 Å². The van der Waals surface area contributed by atoms with E-state index in [9.17, 15) is 4.79 Å². The number of methoxy groups -OCH3 is 1. The van der Waals surface area contributed by atoms with Crippen molar-refractivity contribution in [3.05, 3.63) is 63.7 Å². The molecule has 2 aromatic carbocycles. The van der Waals surface area contributed by atoms with E-state index in [0.717, 1.165) is 24.0 Å². The first-order chi connectivity index (χ1) is 11.1. The molecule has 2 N–H and O–H groups in total. The van der Waals surface area contributed by atoms with Gasteiger partial charge in [0.25, 0.3) is 0 Å². The maximum absolute atomic E-state index is 11.0. The van der Waals surface area contributed by atoms with E-state index in [1.807, 2.05) is 24.3 Å². The molecular weight excluding hydrogens is 314 g/mol. The molecule has 0 aromatic heterocycles. The van der Waals surface area contributed by atoms with Crippen LogP contribution in [0.15, 0.2) is 36.4 Å². The summed E-state index contributed by atoms with van der Waals surface area (Å²) in [6.45, 7) is 0.716. The van der Waals surface area contributed by atoms with Crippen LogP contribution < -0.4 is 10.1 Å². The molecule has 1 unspecified atom stereocenters. The third-order valence-corrected chi connectivity index (χ3v) is 4.49. The number of carboxylic acids is 1. The SMILES string of the molecule is COc1ccc(CNC2Cc3ccc(C(=O)O)cc3C2)cc1Cl. The summed E-state index contributed by atoms with van der Waals surface area (Å²) in [7, 11) is 1.60. The highest BCUT2D eigenvalue weighted by Crippen LogP contribution is 2.26. The number of carbonyl (C=O) groups is 1. The van der Waals surface area contributed by atoms with Gasteiger partial charge in [0.15, 0.2) is 0 Å². The number of nitrogens with one attached hydrogen (secondary N) is 1. The van der Waals surface area contributed by atoms with Crippen LogP contribution in [-0.2, 0) is 19.4 Å². The first-order valence-electron chi connectivity index (χ1n) is 7.47. The lowest BCUT2D eigenvalue weighted by Gasteiger charge is -2.12. The Bertz CT molecular complexity index is 745. The van der Waals surface area contributed by atoms with E-state index >= 15 is 0 Å². The van der Waals surface area contributed by atoms with Gasteiger partial charge in [-0.2, -0.15) is 0 Å². The van der Waals surface area contributed by atoms with E-state index in [4.69, 9.17) is 21.4 Å². The van der Waals surface area contributed by atoms with Gasteiger partial charge in [0, 0.05) is 12.6 Å². The van der Waals surface area contributed by atoms with E-state index in [2.05, 4.69) is 5.32 Å². The molecule has 1 atom stereocenters. The Morgan fingerprint density at radius 1 is 1.26 bits per heavy atom. The normalized spacial score (nSPS) is 16.2. The molecule has 0 heterocycles. The molecule has 0 saturated heterocycles. The molecule has 1 aliphatic carbocycles. The summed E-state index contributed by atoms with van der Waals surface area (Å²) in [6.07, 6.45) is 1.76. The number of hydrogen-bond donors (Lipinski definition) is 2. The maximum atomic E-state index is 11.0. The highest BCUT2D eigenvalue weighted by molar-refractivity contribution is 6.32. The Kier molecular flexibility index (Phi) is 4.55. The zero-order valence-corrected chi connectivity index (χ0v) is 13.6. The predicted octanol–water partition coefficient (Wildman–Crippen LogP) is 3.30. The van der Waals surface area contributed by atoms with Crippen molar-refractivity contribution in [1.82, 2.24) is 5.32 Å². The number of halogens is 1. The van der Waals surface area contributed by atoms with Gasteiger partial charge in [-0.1, -0.05) is 23.7 Å². The van der Waals surface area contributed by atoms with Crippen molar-refractivity contribution in [2.24, 2.45) is 0 Å². The van der Waals surface area contributed by atoms with Crippen LogP contribution in [0.2, 0.25) is 5.02 Å². The Morgan fingerprint density at radius 2 is 2.04 bits per heavy atom. The lowest BCUT2D eigenvalue weighted by molar-refractivity contribution is 0.0697. The van der Waals surface area contributed by atoms with Gasteiger partial charge in [-0.15, -0.1) is 0 Å². The Labute approximate surface area is 140 Å². The van der Waals surface area contributed by atoms with E-state index in [0.29, 0.717) is 28.9 Å². The number of rotatable bonds is 5. The second-order valence-electron chi connectivity index (χ2n) is 5.74. The van der Waals surface area contributed by atoms with E-state index in [-0.39, 0.29) is 0 Å². The minimum Gasteiger partial charge on any atom is -0.495 e. The van der Waals surface area contributed by atoms with E-state index in [1.165, 1.54) is 5.56 Å². The molecule has 0 saturated carbocycles. The van der Waals surface area contributed by atoms with E-state index in [1.54, 1.807) is 19.2 Å². The van der Waals surface area contributed by atoms with Gasteiger partial charge < -0.3 is 15.2 Å². The molecule has 0 bridgehead atoms. The molecule has 3 rings (SSSR count). The van der Waals surface area contributed by atoms with Gasteiger partial charge in [-0.05, 0) is 53.8 Å². The number of benzene rings is 2. The largest absolute Gasteiger partial charge is 0.495 e. The number of aromatic carboxylic acids is 1. The third-order valence-electron chi connectivity index (χ3n) is 4.20. The minimum atomic E-state index is -0.878. The molecule has 4 nitrogen and oxygen atoms in total. The Balaban J connectivity index is 1.62. The minimum absolute atomic E-state index is 0.315. The molecule has 0 aliphatic heterocycles. The van der Waals surface area contributed by atoms with Gasteiger partial charge in [0.1, 0.15) is 5.75 Å². The lowest BCUT2D eigenvalue weighted by atomic mass is 10.1. The molecular formula is C18H18ClNO3. The summed E-state index contributed by atoms with van der Waals surface area (Å²) in [5.41, 5.74) is 3.79. The van der Waals surface area contributed by atoms with Crippen LogP contribution in [0.25, 0.3) is 0 Å². The molecule has 0 radical (unpaired) electrons. The lowest BCUT2D eigenvalue weighted by Crippen LogP contribution is -2.28. The third kappa shape index (κ3) is 3.49. The second kappa shape index (κ2) is 6.60. The quantitative estimate of drug-likeness (QED) is 0.882. The van der Waals surface area contributed by atoms with Gasteiger partial charge in [-0.25, -0.2) is 4.79 Å². The number of hydrogen-bond acceptors (Lipinski definition) is 3. The first kappa shape index (κ1) is 15.8. The zero-order chi connectivity index (χ0) is 16.4. The maximum Gasteiger partial charge on any atom is 0.335 e. The van der Waals surface area contributed by atoms with Crippen LogP contribution >= 0.6 is 11.6 Å². The highest BCUT2D eigenvalue weighted by atomic mass is 35.5. The topological polar surface area (TPSA) is 58.6 Å². The van der Waals surface area contributed by atoms with Crippen molar-refractivity contribution in [3.8, 4) is 5.75 Å². The van der Waals surface area contributed by atoms with Crippen molar-refractivity contribution < 1.29 is 14.6 Å². The number of fused-ring (bicyclic) bond motifs is 1. The smallest absolute Gasteiger partial charge is 0.335 e. The Morgan fingerprint density at radius 3 is 2.74 bits per heavy atom. The summed E-state index contributed by atoms with van der Waals surface area (Å²) < 4.78 is 5.15. The summed E-state index contributed by atoms with van der Waals surface area (Å²) in [4.78, 5) is 11.0. The summed E-state index contributed by atoms with van der Waals surface area (Å²) >= 11 is 6.14. The molecule has 120 valence electrons. The standard InChI is InChI=1S/C18H18ClNO3/c1-23-17-5-2-11(6-16(17)19)10-20-15-8-12-3-4-13(18(21)22)7-14(12)9-15/h2-7,15,20H,8-10H2,1H3,(H,21,22). The summed E-state index contributed by atoms with van der Waals surface area (Å²) in [6, 6.07) is 11.4. The van der Waals surface area contributed by atoms with Gasteiger partial charge in [0.05, 0.1) is 17.7 Å². The van der Waals surface area contributed by atoms with Crippen molar-refractivity contribution in [3.63, 3.8) is 0 Å². The molecule has 5 heteroatoms. The van der Waals surface area contributed by atoms with Crippen molar-refractivity contribution in [2.75, 3.05) is 7.11 Å². The zero-order valence-electron chi connectivity index (χ0n) is 12.8. The van der Waals surface area contributed by atoms with Crippen LogP contribution in [0.3, 0.4) is 0 Å². The van der Waals surface area contributed by atoms with Gasteiger partial charge in [-0.3, -0.25) is 0 Å². The molecule has 0 spiro atoms. The predicted molar refractivity (Wildman–Crippen MR) is 89.4 cm³/mol. The van der Waals surface area contributed by atoms with Gasteiger partial charge >= 0.3 is 5.97 Å². The van der Waals surface area contributed by atoms with Crippen LogP contribution in [0.4, 0.5) is 0 Å². The fourth-order valence-electron chi connectivity index (χ4n) is 2.98. The average Bonchev–Trinajstić information content (AvgIpc) is 2.95. The molecule has 0 amide bonds. The highest BCUT2D eigenvalue weighted by Gasteiger charge is 2.22. The fraction of sp³-hybridized carbons (Fsp3) is 0.278. The molecule has 1 aliphatic rings. The van der Waals surface area contributed by atoms with Gasteiger partial charge in [0.2, 0.25) is 0 Å². The second-order valence-corrected chi connectivity index (χ2v) is 6.15.